The van der Waals surface area contributed by atoms with Crippen molar-refractivity contribution in [3.05, 3.63) is 70.6 Å². The van der Waals surface area contributed by atoms with Crippen LogP contribution in [0.2, 0.25) is 0 Å². The minimum Gasteiger partial charge on any atom is -0.493 e. The van der Waals surface area contributed by atoms with Gasteiger partial charge in [-0.25, -0.2) is 0 Å². The molecule has 1 amide bonds. The lowest BCUT2D eigenvalue weighted by atomic mass is 10.0. The van der Waals surface area contributed by atoms with Gasteiger partial charge < -0.3 is 24.2 Å². The molecule has 3 aromatic rings. The summed E-state index contributed by atoms with van der Waals surface area (Å²) in [4.78, 5) is 14.4. The summed E-state index contributed by atoms with van der Waals surface area (Å²) < 4.78 is 16.7. The Hall–Kier alpha value is -3.48. The van der Waals surface area contributed by atoms with Crippen LogP contribution in [0.4, 0.5) is 5.69 Å². The number of ether oxygens (including phenoxy) is 2. The highest BCUT2D eigenvalue weighted by atomic mass is 16.5. The largest absolute Gasteiger partial charge is 0.493 e. The van der Waals surface area contributed by atoms with E-state index in [9.17, 15) is 4.79 Å². The Morgan fingerprint density at radius 2 is 1.97 bits per heavy atom. The van der Waals surface area contributed by atoms with Crippen LogP contribution in [0.3, 0.4) is 0 Å². The second-order valence-electron chi connectivity index (χ2n) is 7.01. The van der Waals surface area contributed by atoms with Crippen LogP contribution in [0.25, 0.3) is 0 Å². The van der Waals surface area contributed by atoms with E-state index in [4.69, 9.17) is 14.0 Å². The first-order valence-electron chi connectivity index (χ1n) is 9.34. The molecule has 1 aliphatic heterocycles. The lowest BCUT2D eigenvalue weighted by Crippen LogP contribution is -2.40. The summed E-state index contributed by atoms with van der Waals surface area (Å²) >= 11 is 0. The normalized spacial score (nSPS) is 15.7. The number of aromatic nitrogens is 1. The van der Waals surface area contributed by atoms with Crippen molar-refractivity contribution in [1.29, 1.82) is 0 Å². The van der Waals surface area contributed by atoms with E-state index in [1.54, 1.807) is 19.1 Å². The summed E-state index contributed by atoms with van der Waals surface area (Å²) in [5.41, 5.74) is 4.11. The van der Waals surface area contributed by atoms with Gasteiger partial charge in [0, 0.05) is 12.7 Å². The van der Waals surface area contributed by atoms with Gasteiger partial charge in [-0.15, -0.1) is 0 Å². The average molecular weight is 393 g/mol. The maximum atomic E-state index is 12.7. The van der Waals surface area contributed by atoms with Gasteiger partial charge in [-0.2, -0.15) is 0 Å². The quantitative estimate of drug-likeness (QED) is 0.704. The molecule has 29 heavy (non-hydrogen) atoms. The first kappa shape index (κ1) is 18.9. The summed E-state index contributed by atoms with van der Waals surface area (Å²) in [5.74, 6) is 1.92. The summed E-state index contributed by atoms with van der Waals surface area (Å²) in [5, 5.41) is 7.37. The Morgan fingerprint density at radius 1 is 1.17 bits per heavy atom. The van der Waals surface area contributed by atoms with Gasteiger partial charge in [-0.3, -0.25) is 4.79 Å². The standard InChI is InChI=1S/C22H23N3O4/c1-13-17(14(2)29-24-13)12-28-19-10-9-15(11-20(19)27-4)21-23-18-8-6-5-7-16(18)22(26)25(21)3/h5-11,21,23H,12H2,1-4H3. The molecule has 7 heteroatoms. The summed E-state index contributed by atoms with van der Waals surface area (Å²) in [6, 6.07) is 13.2. The van der Waals surface area contributed by atoms with Gasteiger partial charge >= 0.3 is 0 Å². The highest BCUT2D eigenvalue weighted by Crippen LogP contribution is 2.36. The van der Waals surface area contributed by atoms with Crippen LogP contribution < -0.4 is 14.8 Å². The van der Waals surface area contributed by atoms with E-state index >= 15 is 0 Å². The van der Waals surface area contributed by atoms with E-state index in [0.717, 1.165) is 28.3 Å². The predicted octanol–water partition coefficient (Wildman–Crippen LogP) is 4.08. The molecule has 7 nitrogen and oxygen atoms in total. The molecule has 0 saturated heterocycles. The van der Waals surface area contributed by atoms with Crippen molar-refractivity contribution >= 4 is 11.6 Å². The van der Waals surface area contributed by atoms with Crippen LogP contribution >= 0.6 is 0 Å². The fraction of sp³-hybridized carbons (Fsp3) is 0.273. The van der Waals surface area contributed by atoms with Gasteiger partial charge in [-0.05, 0) is 43.7 Å². The number of amides is 1. The number of aryl methyl sites for hydroxylation is 2. The van der Waals surface area contributed by atoms with Crippen LogP contribution in [-0.2, 0) is 6.61 Å². The van der Waals surface area contributed by atoms with E-state index in [1.807, 2.05) is 56.3 Å². The second-order valence-corrected chi connectivity index (χ2v) is 7.01. The van der Waals surface area contributed by atoms with Gasteiger partial charge in [0.25, 0.3) is 5.91 Å². The van der Waals surface area contributed by atoms with Crippen LogP contribution in [0, 0.1) is 13.8 Å². The number of methoxy groups -OCH3 is 1. The Bertz CT molecular complexity index is 1040. The highest BCUT2D eigenvalue weighted by molar-refractivity contribution is 6.01. The fourth-order valence-corrected chi connectivity index (χ4v) is 3.49. The molecule has 0 spiro atoms. The predicted molar refractivity (Wildman–Crippen MR) is 108 cm³/mol. The minimum atomic E-state index is -0.303. The first-order chi connectivity index (χ1) is 14.0. The minimum absolute atomic E-state index is 0.0259. The van der Waals surface area contributed by atoms with Crippen molar-refractivity contribution in [2.75, 3.05) is 19.5 Å². The molecule has 1 unspecified atom stereocenters. The third-order valence-corrected chi connectivity index (χ3v) is 5.21. The first-order valence-corrected chi connectivity index (χ1v) is 9.34. The Labute approximate surface area is 169 Å². The summed E-state index contributed by atoms with van der Waals surface area (Å²) in [6.45, 7) is 4.08. The lowest BCUT2D eigenvalue weighted by molar-refractivity contribution is 0.0735. The van der Waals surface area contributed by atoms with Gasteiger partial charge in [0.1, 0.15) is 18.5 Å². The van der Waals surface area contributed by atoms with E-state index in [1.165, 1.54) is 0 Å². The molecule has 0 aliphatic carbocycles. The van der Waals surface area contributed by atoms with Crippen molar-refractivity contribution in [1.82, 2.24) is 10.1 Å². The second kappa shape index (κ2) is 7.50. The molecule has 4 rings (SSSR count). The monoisotopic (exact) mass is 393 g/mol. The van der Waals surface area contributed by atoms with Crippen molar-refractivity contribution in [3.63, 3.8) is 0 Å². The number of benzene rings is 2. The number of hydrogen-bond acceptors (Lipinski definition) is 6. The number of rotatable bonds is 5. The number of fused-ring (bicyclic) bond motifs is 1. The van der Waals surface area contributed by atoms with Gasteiger partial charge in [0.15, 0.2) is 11.5 Å². The third-order valence-electron chi connectivity index (χ3n) is 5.21. The molecule has 1 aromatic heterocycles. The molecule has 0 bridgehead atoms. The summed E-state index contributed by atoms with van der Waals surface area (Å²) in [6.07, 6.45) is -0.303. The molecule has 150 valence electrons. The smallest absolute Gasteiger partial charge is 0.257 e. The molecule has 1 N–H and O–H groups in total. The fourth-order valence-electron chi connectivity index (χ4n) is 3.49. The number of carbonyl (C=O) groups is 1. The zero-order valence-corrected chi connectivity index (χ0v) is 16.9. The highest BCUT2D eigenvalue weighted by Gasteiger charge is 2.30. The van der Waals surface area contributed by atoms with Crippen molar-refractivity contribution in [2.24, 2.45) is 0 Å². The lowest BCUT2D eigenvalue weighted by Gasteiger charge is -2.35. The number of para-hydroxylation sites is 1. The molecule has 0 radical (unpaired) electrons. The molecule has 2 aromatic carbocycles. The zero-order valence-electron chi connectivity index (χ0n) is 16.9. The maximum Gasteiger partial charge on any atom is 0.257 e. The maximum absolute atomic E-state index is 12.7. The van der Waals surface area contributed by atoms with Crippen molar-refractivity contribution in [2.45, 2.75) is 26.6 Å². The Morgan fingerprint density at radius 3 is 2.69 bits per heavy atom. The third kappa shape index (κ3) is 3.40. The Kier molecular flexibility index (Phi) is 4.88. The number of nitrogens with zero attached hydrogens (tertiary/aromatic N) is 2. The van der Waals surface area contributed by atoms with Gasteiger partial charge in [-0.1, -0.05) is 23.4 Å². The van der Waals surface area contributed by atoms with E-state index in [-0.39, 0.29) is 12.1 Å². The van der Waals surface area contributed by atoms with E-state index in [2.05, 4.69) is 10.5 Å². The molecule has 1 aliphatic rings. The number of anilines is 1. The molecule has 2 heterocycles. The molecule has 1 atom stereocenters. The van der Waals surface area contributed by atoms with Crippen molar-refractivity contribution < 1.29 is 18.8 Å². The van der Waals surface area contributed by atoms with Crippen LogP contribution in [0.5, 0.6) is 11.5 Å². The molecular formula is C22H23N3O4. The Balaban J connectivity index is 1.59. The number of nitrogens with one attached hydrogen (secondary N) is 1. The zero-order chi connectivity index (χ0) is 20.5. The van der Waals surface area contributed by atoms with Crippen LogP contribution in [-0.4, -0.2) is 30.1 Å². The van der Waals surface area contributed by atoms with Crippen LogP contribution in [0.15, 0.2) is 47.0 Å². The van der Waals surface area contributed by atoms with Gasteiger partial charge in [0.2, 0.25) is 0 Å². The number of hydrogen-bond donors (Lipinski definition) is 1. The molecular weight excluding hydrogens is 370 g/mol. The summed E-state index contributed by atoms with van der Waals surface area (Å²) in [7, 11) is 3.38. The van der Waals surface area contributed by atoms with Gasteiger partial charge in [0.05, 0.1) is 23.9 Å². The van der Waals surface area contributed by atoms with Crippen LogP contribution in [0.1, 0.15) is 39.1 Å². The van der Waals surface area contributed by atoms with E-state index < -0.39 is 0 Å². The van der Waals surface area contributed by atoms with E-state index in [0.29, 0.717) is 23.7 Å². The average Bonchev–Trinajstić information content (AvgIpc) is 3.06. The number of carbonyl (C=O) groups excluding carboxylic acids is 1. The topological polar surface area (TPSA) is 76.8 Å². The SMILES string of the molecule is COc1cc(C2Nc3ccccc3C(=O)N2C)ccc1OCc1c(C)noc1C. The molecule has 0 saturated carbocycles. The van der Waals surface area contributed by atoms with Crippen molar-refractivity contribution in [3.8, 4) is 11.5 Å². The molecule has 0 fully saturated rings.